The standard InChI is InChI=1S/C11H16N4O/c12-9-10(13-6-14-11(9)16)15-4-7-2-1-3-8(7)5-15/h6-8H,1-5,12H2,(H,13,14,16). The van der Waals surface area contributed by atoms with Crippen LogP contribution in [0.2, 0.25) is 0 Å². The van der Waals surface area contributed by atoms with Crippen molar-refractivity contribution < 1.29 is 0 Å². The van der Waals surface area contributed by atoms with Crippen molar-refractivity contribution in [3.63, 3.8) is 0 Å². The number of aromatic nitrogens is 2. The molecule has 0 aromatic carbocycles. The molecule has 1 aliphatic carbocycles. The number of fused-ring (bicyclic) bond motifs is 1. The van der Waals surface area contributed by atoms with Crippen LogP contribution in [0, 0.1) is 11.8 Å². The maximum absolute atomic E-state index is 11.4. The predicted octanol–water partition coefficient (Wildman–Crippen LogP) is 0.588. The van der Waals surface area contributed by atoms with Crippen molar-refractivity contribution >= 4 is 11.5 Å². The van der Waals surface area contributed by atoms with E-state index in [0.29, 0.717) is 5.82 Å². The van der Waals surface area contributed by atoms with Crippen LogP contribution in [0.15, 0.2) is 11.1 Å². The third-order valence-electron chi connectivity index (χ3n) is 3.89. The Morgan fingerprint density at radius 1 is 1.38 bits per heavy atom. The van der Waals surface area contributed by atoms with Crippen LogP contribution < -0.4 is 16.2 Å². The molecular formula is C11H16N4O. The Bertz CT molecular complexity index is 444. The lowest BCUT2D eigenvalue weighted by Gasteiger charge is -2.19. The molecule has 1 saturated heterocycles. The predicted molar refractivity (Wildman–Crippen MR) is 62.3 cm³/mol. The summed E-state index contributed by atoms with van der Waals surface area (Å²) in [6.07, 6.45) is 5.40. The van der Waals surface area contributed by atoms with Crippen molar-refractivity contribution in [2.24, 2.45) is 11.8 Å². The summed E-state index contributed by atoms with van der Waals surface area (Å²) < 4.78 is 0. The third-order valence-corrected chi connectivity index (χ3v) is 3.89. The Labute approximate surface area is 93.7 Å². The maximum Gasteiger partial charge on any atom is 0.276 e. The van der Waals surface area contributed by atoms with Gasteiger partial charge in [-0.1, -0.05) is 6.42 Å². The highest BCUT2D eigenvalue weighted by Gasteiger charge is 2.37. The Hall–Kier alpha value is -1.52. The fourth-order valence-electron chi connectivity index (χ4n) is 3.06. The number of H-pyrrole nitrogens is 1. The molecule has 2 aliphatic rings. The molecule has 1 aliphatic heterocycles. The molecule has 2 unspecified atom stereocenters. The smallest absolute Gasteiger partial charge is 0.276 e. The van der Waals surface area contributed by atoms with Gasteiger partial charge in [-0.2, -0.15) is 0 Å². The van der Waals surface area contributed by atoms with Crippen LogP contribution in [-0.4, -0.2) is 23.1 Å². The molecule has 2 atom stereocenters. The van der Waals surface area contributed by atoms with Gasteiger partial charge in [-0.15, -0.1) is 0 Å². The minimum absolute atomic E-state index is 0.234. The Balaban J connectivity index is 1.89. The molecule has 16 heavy (non-hydrogen) atoms. The summed E-state index contributed by atoms with van der Waals surface area (Å²) >= 11 is 0. The topological polar surface area (TPSA) is 75.0 Å². The lowest BCUT2D eigenvalue weighted by Crippen LogP contribution is -2.26. The highest BCUT2D eigenvalue weighted by Crippen LogP contribution is 2.39. The van der Waals surface area contributed by atoms with E-state index in [4.69, 9.17) is 5.73 Å². The molecule has 0 radical (unpaired) electrons. The van der Waals surface area contributed by atoms with Crippen LogP contribution in [0.1, 0.15) is 19.3 Å². The van der Waals surface area contributed by atoms with Gasteiger partial charge in [-0.3, -0.25) is 4.79 Å². The van der Waals surface area contributed by atoms with Gasteiger partial charge >= 0.3 is 0 Å². The van der Waals surface area contributed by atoms with Crippen LogP contribution in [-0.2, 0) is 0 Å². The fourth-order valence-corrected chi connectivity index (χ4v) is 3.06. The number of nitrogens with two attached hydrogens (primary N) is 1. The number of nitrogen functional groups attached to an aromatic ring is 1. The Morgan fingerprint density at radius 2 is 2.06 bits per heavy atom. The van der Waals surface area contributed by atoms with Crippen molar-refractivity contribution in [3.05, 3.63) is 16.7 Å². The minimum atomic E-state index is -0.234. The third kappa shape index (κ3) is 1.38. The van der Waals surface area contributed by atoms with E-state index in [1.807, 2.05) is 0 Å². The maximum atomic E-state index is 11.4. The summed E-state index contributed by atoms with van der Waals surface area (Å²) in [6, 6.07) is 0. The summed E-state index contributed by atoms with van der Waals surface area (Å²) in [7, 11) is 0. The van der Waals surface area contributed by atoms with E-state index in [-0.39, 0.29) is 11.2 Å². The largest absolute Gasteiger partial charge is 0.391 e. The second-order valence-electron chi connectivity index (χ2n) is 4.82. The van der Waals surface area contributed by atoms with E-state index in [0.717, 1.165) is 24.9 Å². The highest BCUT2D eigenvalue weighted by molar-refractivity contribution is 5.61. The van der Waals surface area contributed by atoms with Gasteiger partial charge in [0.05, 0.1) is 6.33 Å². The molecule has 1 saturated carbocycles. The van der Waals surface area contributed by atoms with E-state index in [1.54, 1.807) is 0 Å². The molecule has 0 amide bonds. The number of nitrogens with zero attached hydrogens (tertiary/aromatic N) is 2. The first-order chi connectivity index (χ1) is 7.75. The number of hydrogen-bond acceptors (Lipinski definition) is 4. The molecule has 5 nitrogen and oxygen atoms in total. The zero-order chi connectivity index (χ0) is 11.1. The van der Waals surface area contributed by atoms with Crippen LogP contribution in [0.25, 0.3) is 0 Å². The minimum Gasteiger partial charge on any atom is -0.391 e. The van der Waals surface area contributed by atoms with E-state index in [2.05, 4.69) is 14.9 Å². The first-order valence-electron chi connectivity index (χ1n) is 5.84. The monoisotopic (exact) mass is 220 g/mol. The van der Waals surface area contributed by atoms with Gasteiger partial charge < -0.3 is 15.6 Å². The van der Waals surface area contributed by atoms with E-state index < -0.39 is 0 Å². The summed E-state index contributed by atoms with van der Waals surface area (Å²) in [6.45, 7) is 2.01. The van der Waals surface area contributed by atoms with Gasteiger partial charge in [-0.05, 0) is 24.7 Å². The SMILES string of the molecule is Nc1c(N2CC3CCCC3C2)nc[nH]c1=O. The van der Waals surface area contributed by atoms with E-state index in [1.165, 1.54) is 25.6 Å². The molecule has 3 rings (SSSR count). The summed E-state index contributed by atoms with van der Waals surface area (Å²) in [4.78, 5) is 20.3. The number of rotatable bonds is 1. The Kier molecular flexibility index (Phi) is 2.12. The zero-order valence-electron chi connectivity index (χ0n) is 9.15. The van der Waals surface area contributed by atoms with Crippen molar-refractivity contribution in [3.8, 4) is 0 Å². The first kappa shape index (κ1) is 9.69. The number of hydrogen-bond donors (Lipinski definition) is 2. The normalized spacial score (nSPS) is 28.4. The second-order valence-corrected chi connectivity index (χ2v) is 4.82. The first-order valence-corrected chi connectivity index (χ1v) is 5.84. The lowest BCUT2D eigenvalue weighted by molar-refractivity contribution is 0.494. The molecule has 1 aromatic heterocycles. The molecule has 86 valence electrons. The summed E-state index contributed by atoms with van der Waals surface area (Å²) in [5, 5.41) is 0. The van der Waals surface area contributed by atoms with Crippen molar-refractivity contribution in [2.45, 2.75) is 19.3 Å². The molecule has 0 spiro atoms. The van der Waals surface area contributed by atoms with E-state index in [9.17, 15) is 4.79 Å². The van der Waals surface area contributed by atoms with Gasteiger partial charge in [0.15, 0.2) is 5.82 Å². The molecule has 2 fully saturated rings. The molecule has 5 heteroatoms. The van der Waals surface area contributed by atoms with Gasteiger partial charge in [-0.25, -0.2) is 4.98 Å². The number of anilines is 2. The van der Waals surface area contributed by atoms with Gasteiger partial charge in [0.1, 0.15) is 5.69 Å². The van der Waals surface area contributed by atoms with Gasteiger partial charge in [0, 0.05) is 13.1 Å². The molecule has 1 aromatic rings. The van der Waals surface area contributed by atoms with Crippen LogP contribution in [0.3, 0.4) is 0 Å². The summed E-state index contributed by atoms with van der Waals surface area (Å²) in [5.41, 5.74) is 5.78. The van der Waals surface area contributed by atoms with Crippen LogP contribution in [0.4, 0.5) is 11.5 Å². The average Bonchev–Trinajstić information content (AvgIpc) is 2.81. The quantitative estimate of drug-likeness (QED) is 0.726. The Morgan fingerprint density at radius 3 is 2.75 bits per heavy atom. The zero-order valence-corrected chi connectivity index (χ0v) is 9.15. The highest BCUT2D eigenvalue weighted by atomic mass is 16.1. The van der Waals surface area contributed by atoms with Crippen LogP contribution in [0.5, 0.6) is 0 Å². The lowest BCUT2D eigenvalue weighted by atomic mass is 10.0. The van der Waals surface area contributed by atoms with Crippen LogP contribution >= 0.6 is 0 Å². The number of nitrogens with one attached hydrogen (secondary N) is 1. The second kappa shape index (κ2) is 3.50. The average molecular weight is 220 g/mol. The van der Waals surface area contributed by atoms with Crippen molar-refractivity contribution in [2.75, 3.05) is 23.7 Å². The number of aromatic amines is 1. The molecular weight excluding hydrogens is 204 g/mol. The molecule has 3 N–H and O–H groups in total. The molecule has 0 bridgehead atoms. The van der Waals surface area contributed by atoms with Crippen molar-refractivity contribution in [1.29, 1.82) is 0 Å². The van der Waals surface area contributed by atoms with Gasteiger partial charge in [0.25, 0.3) is 5.56 Å². The van der Waals surface area contributed by atoms with Crippen molar-refractivity contribution in [1.82, 2.24) is 9.97 Å². The summed E-state index contributed by atoms with van der Waals surface area (Å²) in [5.74, 6) is 2.22. The van der Waals surface area contributed by atoms with Gasteiger partial charge in [0.2, 0.25) is 0 Å². The van der Waals surface area contributed by atoms with E-state index >= 15 is 0 Å². The molecule has 2 heterocycles. The fraction of sp³-hybridized carbons (Fsp3) is 0.636.